The number of nitrogen functional groups attached to an aromatic ring is 1. The number of nitrogens with zero attached hydrogens (tertiary/aromatic N) is 4. The first kappa shape index (κ1) is 21.0. The Morgan fingerprint density at radius 2 is 2.00 bits per heavy atom. The highest BCUT2D eigenvalue weighted by atomic mass is 32.1. The summed E-state index contributed by atoms with van der Waals surface area (Å²) in [6, 6.07) is 5.96. The molecule has 0 fully saturated rings. The van der Waals surface area contributed by atoms with Gasteiger partial charge in [-0.2, -0.15) is 0 Å². The van der Waals surface area contributed by atoms with Crippen molar-refractivity contribution in [1.29, 1.82) is 0 Å². The van der Waals surface area contributed by atoms with Crippen LogP contribution >= 0.6 is 11.3 Å². The van der Waals surface area contributed by atoms with Gasteiger partial charge in [-0.15, -0.1) is 11.3 Å². The van der Waals surface area contributed by atoms with Crippen molar-refractivity contribution in [3.05, 3.63) is 47.2 Å². The molecule has 0 aliphatic carbocycles. The number of carbonyl (C=O) groups excluding carboxylic acids is 1. The van der Waals surface area contributed by atoms with Gasteiger partial charge in [0.2, 0.25) is 0 Å². The van der Waals surface area contributed by atoms with Crippen LogP contribution in [-0.2, 0) is 0 Å². The number of pyridine rings is 1. The Morgan fingerprint density at radius 3 is 2.81 bits per heavy atom. The lowest BCUT2D eigenvalue weighted by Crippen LogP contribution is -2.17. The Morgan fingerprint density at radius 1 is 1.16 bits per heavy atom. The Bertz CT molecular complexity index is 1250. The molecule has 0 radical (unpaired) electrons. The molecule has 0 bridgehead atoms. The van der Waals surface area contributed by atoms with Crippen LogP contribution in [-0.4, -0.2) is 52.9 Å². The number of nitrogens with two attached hydrogens (primary N) is 1. The van der Waals surface area contributed by atoms with E-state index in [1.165, 1.54) is 17.7 Å². The van der Waals surface area contributed by atoms with Crippen molar-refractivity contribution < 1.29 is 4.79 Å². The molecule has 4 aromatic rings. The minimum atomic E-state index is -0.225. The number of thiophene rings is 1. The number of fused-ring (bicyclic) bond motifs is 2. The van der Waals surface area contributed by atoms with E-state index in [0.717, 1.165) is 52.1 Å². The molecule has 0 atom stereocenters. The minimum absolute atomic E-state index is 0.225. The normalized spacial score (nSPS) is 11.4. The number of anilines is 3. The quantitative estimate of drug-likeness (QED) is 0.379. The second kappa shape index (κ2) is 8.83. The molecule has 8 nitrogen and oxygen atoms in total. The topological polar surface area (TPSA) is 109 Å². The average molecular weight is 436 g/mol. The Hall–Kier alpha value is -3.30. The highest BCUT2D eigenvalue weighted by Crippen LogP contribution is 2.33. The number of carbonyl (C=O) groups is 1. The van der Waals surface area contributed by atoms with E-state index < -0.39 is 0 Å². The summed E-state index contributed by atoms with van der Waals surface area (Å²) in [6.45, 7) is 3.80. The number of hydrogen-bond acceptors (Lipinski definition) is 8. The lowest BCUT2D eigenvalue weighted by molar-refractivity contribution is 0.102. The first-order valence-corrected chi connectivity index (χ1v) is 10.9. The zero-order chi connectivity index (χ0) is 22.0. The Labute approximate surface area is 184 Å². The fourth-order valence-electron chi connectivity index (χ4n) is 3.48. The first-order chi connectivity index (χ1) is 15.0. The molecule has 0 aliphatic rings. The molecule has 3 heterocycles. The summed E-state index contributed by atoms with van der Waals surface area (Å²) in [5.74, 6) is 0.969. The van der Waals surface area contributed by atoms with Gasteiger partial charge in [0.15, 0.2) is 0 Å². The number of rotatable bonds is 7. The van der Waals surface area contributed by atoms with E-state index in [1.54, 1.807) is 11.6 Å². The standard InChI is InChI=1S/C22H25N7OS/c1-13-5-6-15-14(7-9-25-21(15)24-8-4-10-29(2)3)17(13)28-22(30)16-11-31-19-18(16)26-12-27-20(19)23/h5-7,9,11-12H,4,8,10H2,1-3H3,(H,24,25)(H,28,30)(H2,23,26,27). The van der Waals surface area contributed by atoms with Crippen molar-refractivity contribution in [2.24, 2.45) is 0 Å². The van der Waals surface area contributed by atoms with Gasteiger partial charge in [0, 0.05) is 28.9 Å². The lowest BCUT2D eigenvalue weighted by atomic mass is 10.1. The predicted octanol–water partition coefficient (Wildman–Crippen LogP) is 3.75. The van der Waals surface area contributed by atoms with Crippen LogP contribution in [0.5, 0.6) is 0 Å². The van der Waals surface area contributed by atoms with Crippen molar-refractivity contribution in [2.75, 3.05) is 43.6 Å². The van der Waals surface area contributed by atoms with Crippen LogP contribution in [0.3, 0.4) is 0 Å². The van der Waals surface area contributed by atoms with Crippen LogP contribution in [0.4, 0.5) is 17.3 Å². The van der Waals surface area contributed by atoms with E-state index in [4.69, 9.17) is 5.73 Å². The molecule has 4 N–H and O–H groups in total. The summed E-state index contributed by atoms with van der Waals surface area (Å²) >= 11 is 1.37. The van der Waals surface area contributed by atoms with Gasteiger partial charge in [0.25, 0.3) is 5.91 Å². The van der Waals surface area contributed by atoms with E-state index >= 15 is 0 Å². The van der Waals surface area contributed by atoms with Crippen LogP contribution < -0.4 is 16.4 Å². The molecular weight excluding hydrogens is 410 g/mol. The average Bonchev–Trinajstić information content (AvgIpc) is 3.19. The maximum absolute atomic E-state index is 13.1. The molecule has 4 rings (SSSR count). The summed E-state index contributed by atoms with van der Waals surface area (Å²) < 4.78 is 0.718. The van der Waals surface area contributed by atoms with Crippen LogP contribution in [0.1, 0.15) is 22.3 Å². The fourth-order valence-corrected chi connectivity index (χ4v) is 4.39. The first-order valence-electron chi connectivity index (χ1n) is 10.0. The maximum Gasteiger partial charge on any atom is 0.258 e. The molecular formula is C22H25N7OS. The molecule has 0 saturated heterocycles. The largest absolute Gasteiger partial charge is 0.382 e. The second-order valence-electron chi connectivity index (χ2n) is 7.64. The highest BCUT2D eigenvalue weighted by molar-refractivity contribution is 7.18. The van der Waals surface area contributed by atoms with Crippen molar-refractivity contribution in [3.63, 3.8) is 0 Å². The summed E-state index contributed by atoms with van der Waals surface area (Å²) in [7, 11) is 4.12. The van der Waals surface area contributed by atoms with E-state index in [1.807, 2.05) is 25.1 Å². The van der Waals surface area contributed by atoms with Gasteiger partial charge in [-0.25, -0.2) is 15.0 Å². The summed E-state index contributed by atoms with van der Waals surface area (Å²) in [6.07, 6.45) is 4.15. The van der Waals surface area contributed by atoms with Gasteiger partial charge in [0.05, 0.1) is 21.5 Å². The van der Waals surface area contributed by atoms with E-state index in [0.29, 0.717) is 16.9 Å². The van der Waals surface area contributed by atoms with Crippen molar-refractivity contribution in [1.82, 2.24) is 19.9 Å². The summed E-state index contributed by atoms with van der Waals surface area (Å²) in [4.78, 5) is 28.0. The molecule has 9 heteroatoms. The van der Waals surface area contributed by atoms with Crippen LogP contribution in [0, 0.1) is 6.92 Å². The smallest absolute Gasteiger partial charge is 0.258 e. The van der Waals surface area contributed by atoms with Gasteiger partial charge in [0.1, 0.15) is 18.0 Å². The van der Waals surface area contributed by atoms with Gasteiger partial charge >= 0.3 is 0 Å². The zero-order valence-electron chi connectivity index (χ0n) is 17.8. The lowest BCUT2D eigenvalue weighted by Gasteiger charge is -2.15. The van der Waals surface area contributed by atoms with E-state index in [9.17, 15) is 4.79 Å². The number of hydrogen-bond donors (Lipinski definition) is 3. The van der Waals surface area contributed by atoms with Gasteiger partial charge in [-0.05, 0) is 45.6 Å². The molecule has 1 aromatic carbocycles. The number of aryl methyl sites for hydroxylation is 1. The molecule has 0 spiro atoms. The minimum Gasteiger partial charge on any atom is -0.382 e. The fraction of sp³-hybridized carbons (Fsp3) is 0.273. The summed E-state index contributed by atoms with van der Waals surface area (Å²) in [5.41, 5.74) is 8.71. The SMILES string of the molecule is Cc1ccc2c(NCCCN(C)C)nccc2c1NC(=O)c1csc2c(N)ncnc12. The second-order valence-corrected chi connectivity index (χ2v) is 8.52. The molecule has 3 aromatic heterocycles. The van der Waals surface area contributed by atoms with Crippen molar-refractivity contribution >= 4 is 55.6 Å². The molecule has 0 aliphatic heterocycles. The molecule has 160 valence electrons. The number of amides is 1. The molecule has 0 saturated carbocycles. The monoisotopic (exact) mass is 435 g/mol. The van der Waals surface area contributed by atoms with Gasteiger partial charge in [-0.3, -0.25) is 4.79 Å². The van der Waals surface area contributed by atoms with Gasteiger partial charge < -0.3 is 21.3 Å². The van der Waals surface area contributed by atoms with E-state index in [2.05, 4.69) is 44.6 Å². The number of benzene rings is 1. The summed E-state index contributed by atoms with van der Waals surface area (Å²) in [5, 5.41) is 10.2. The molecule has 1 amide bonds. The third kappa shape index (κ3) is 4.28. The van der Waals surface area contributed by atoms with Crippen molar-refractivity contribution in [2.45, 2.75) is 13.3 Å². The highest BCUT2D eigenvalue weighted by Gasteiger charge is 2.18. The third-order valence-corrected chi connectivity index (χ3v) is 6.08. The number of nitrogens with one attached hydrogen (secondary N) is 2. The molecule has 0 unspecified atom stereocenters. The van der Waals surface area contributed by atoms with Crippen LogP contribution in [0.15, 0.2) is 36.1 Å². The Balaban J connectivity index is 1.64. The zero-order valence-corrected chi connectivity index (χ0v) is 18.6. The Kier molecular flexibility index (Phi) is 5.97. The van der Waals surface area contributed by atoms with Crippen LogP contribution in [0.25, 0.3) is 21.0 Å². The maximum atomic E-state index is 13.1. The van der Waals surface area contributed by atoms with Crippen LogP contribution in [0.2, 0.25) is 0 Å². The number of aromatic nitrogens is 3. The van der Waals surface area contributed by atoms with Crippen molar-refractivity contribution in [3.8, 4) is 0 Å². The molecule has 31 heavy (non-hydrogen) atoms. The predicted molar refractivity (Wildman–Crippen MR) is 128 cm³/mol. The third-order valence-electron chi connectivity index (χ3n) is 5.09. The van der Waals surface area contributed by atoms with Gasteiger partial charge in [-0.1, -0.05) is 12.1 Å². The van der Waals surface area contributed by atoms with E-state index in [-0.39, 0.29) is 5.91 Å².